The molecule has 1 aliphatic carbocycles. The number of pyridine rings is 2. The van der Waals surface area contributed by atoms with E-state index in [4.69, 9.17) is 10.2 Å². The molecular formula is C33H35N5. The number of nitrogens with zero attached hydrogens (tertiary/aromatic N) is 4. The van der Waals surface area contributed by atoms with Gasteiger partial charge in [0.05, 0.1) is 17.1 Å². The minimum atomic E-state index is 0.464. The van der Waals surface area contributed by atoms with Crippen LogP contribution in [0, 0.1) is 23.2 Å². The molecule has 1 saturated heterocycles. The van der Waals surface area contributed by atoms with Gasteiger partial charge in [0.25, 0.3) is 0 Å². The van der Waals surface area contributed by atoms with Crippen LogP contribution < -0.4 is 10.2 Å². The predicted molar refractivity (Wildman–Crippen MR) is 155 cm³/mol. The minimum absolute atomic E-state index is 0.464. The number of benzene rings is 2. The average Bonchev–Trinajstić information content (AvgIpc) is 2.98. The number of rotatable bonds is 6. The zero-order chi connectivity index (χ0) is 25.7. The van der Waals surface area contributed by atoms with Gasteiger partial charge < -0.3 is 10.2 Å². The fourth-order valence-electron chi connectivity index (χ4n) is 6.45. The number of nitriles is 1. The van der Waals surface area contributed by atoms with Gasteiger partial charge in [-0.25, -0.2) is 4.98 Å². The Hall–Kier alpha value is -3.91. The fourth-order valence-corrected chi connectivity index (χ4v) is 6.45. The highest BCUT2D eigenvalue weighted by atomic mass is 15.1. The molecule has 3 atom stereocenters. The molecule has 2 aromatic heterocycles. The molecule has 1 saturated carbocycles. The van der Waals surface area contributed by atoms with E-state index in [2.05, 4.69) is 69.8 Å². The largest absolute Gasteiger partial charge is 0.371 e. The standard InChI is InChI=1S/C33H35N5/c34-21-24-11-13-30(14-12-24)38-17-5-6-25(23-38)18-27-7-2-4-10-32(27)37-33-20-26(15-16-35-33)29-19-28-8-1-3-9-31(28)36-22-29/h1,3,8-9,11-16,19-20,22,25,27,32H,2,4-7,10,17-18,23H2,(H,35,37)/t25-,27+,32-/m1/s1. The molecule has 5 heteroatoms. The number of nitrogens with one attached hydrogen (secondary N) is 1. The summed E-state index contributed by atoms with van der Waals surface area (Å²) >= 11 is 0. The van der Waals surface area contributed by atoms with Crippen LogP contribution in [0.25, 0.3) is 22.0 Å². The molecule has 1 N–H and O–H groups in total. The Balaban J connectivity index is 1.13. The predicted octanol–water partition coefficient (Wildman–Crippen LogP) is 7.45. The molecule has 0 bridgehead atoms. The highest BCUT2D eigenvalue weighted by Crippen LogP contribution is 2.35. The normalized spacial score (nSPS) is 21.7. The average molecular weight is 502 g/mol. The number of piperidine rings is 1. The van der Waals surface area contributed by atoms with Gasteiger partial charge in [-0.3, -0.25) is 4.98 Å². The third-order valence-electron chi connectivity index (χ3n) is 8.44. The zero-order valence-corrected chi connectivity index (χ0v) is 21.9. The van der Waals surface area contributed by atoms with Crippen LogP contribution in [0.5, 0.6) is 0 Å². The Bertz CT molecular complexity index is 1420. The Morgan fingerprint density at radius 2 is 1.76 bits per heavy atom. The first-order chi connectivity index (χ1) is 18.7. The van der Waals surface area contributed by atoms with E-state index in [-0.39, 0.29) is 0 Å². The maximum absolute atomic E-state index is 9.13. The molecule has 1 aliphatic heterocycles. The van der Waals surface area contributed by atoms with Crippen molar-refractivity contribution in [2.75, 3.05) is 23.3 Å². The second-order valence-electron chi connectivity index (χ2n) is 11.0. The van der Waals surface area contributed by atoms with Gasteiger partial charge in [0.2, 0.25) is 0 Å². The Labute approximate surface area is 225 Å². The molecule has 2 fully saturated rings. The van der Waals surface area contributed by atoms with Crippen molar-refractivity contribution < 1.29 is 0 Å². The molecule has 2 aliphatic rings. The summed E-state index contributed by atoms with van der Waals surface area (Å²) in [5, 5.41) is 14.1. The molecule has 0 amide bonds. The smallest absolute Gasteiger partial charge is 0.126 e. The first-order valence-corrected chi connectivity index (χ1v) is 14.1. The van der Waals surface area contributed by atoms with Gasteiger partial charge in [0.1, 0.15) is 5.82 Å². The molecule has 0 unspecified atom stereocenters. The second-order valence-corrected chi connectivity index (χ2v) is 11.0. The van der Waals surface area contributed by atoms with E-state index in [0.29, 0.717) is 17.9 Å². The van der Waals surface area contributed by atoms with E-state index < -0.39 is 0 Å². The first kappa shape index (κ1) is 24.4. The highest BCUT2D eigenvalue weighted by molar-refractivity contribution is 5.83. The maximum Gasteiger partial charge on any atom is 0.126 e. The van der Waals surface area contributed by atoms with E-state index in [1.165, 1.54) is 50.6 Å². The number of hydrogen-bond donors (Lipinski definition) is 1. The molecule has 4 aromatic rings. The number of para-hydroxylation sites is 1. The van der Waals surface area contributed by atoms with Crippen LogP contribution in [-0.4, -0.2) is 29.1 Å². The number of aromatic nitrogens is 2. The van der Waals surface area contributed by atoms with Gasteiger partial charge >= 0.3 is 0 Å². The summed E-state index contributed by atoms with van der Waals surface area (Å²) in [5.74, 6) is 2.34. The lowest BCUT2D eigenvalue weighted by Crippen LogP contribution is -2.39. The number of anilines is 2. The van der Waals surface area contributed by atoms with Crippen LogP contribution >= 0.6 is 0 Å². The van der Waals surface area contributed by atoms with E-state index in [1.807, 2.05) is 30.6 Å². The second kappa shape index (κ2) is 11.2. The summed E-state index contributed by atoms with van der Waals surface area (Å²) in [6.07, 6.45) is 12.8. The summed E-state index contributed by atoms with van der Waals surface area (Å²) in [6, 6.07) is 25.5. The van der Waals surface area contributed by atoms with Crippen molar-refractivity contribution >= 4 is 22.4 Å². The lowest BCUT2D eigenvalue weighted by Gasteiger charge is -2.39. The first-order valence-electron chi connectivity index (χ1n) is 14.1. The molecule has 192 valence electrons. The highest BCUT2D eigenvalue weighted by Gasteiger charge is 2.30. The third kappa shape index (κ3) is 5.50. The van der Waals surface area contributed by atoms with Crippen LogP contribution in [0.1, 0.15) is 50.5 Å². The lowest BCUT2D eigenvalue weighted by molar-refractivity contribution is 0.247. The van der Waals surface area contributed by atoms with E-state index in [9.17, 15) is 0 Å². The Kier molecular flexibility index (Phi) is 7.22. The van der Waals surface area contributed by atoms with Gasteiger partial charge in [0.15, 0.2) is 0 Å². The van der Waals surface area contributed by atoms with Crippen LogP contribution in [0.4, 0.5) is 11.5 Å². The number of hydrogen-bond acceptors (Lipinski definition) is 5. The van der Waals surface area contributed by atoms with Crippen molar-refractivity contribution in [3.63, 3.8) is 0 Å². The Morgan fingerprint density at radius 1 is 0.895 bits per heavy atom. The summed E-state index contributed by atoms with van der Waals surface area (Å²) in [6.45, 7) is 2.22. The molecular weight excluding hydrogens is 466 g/mol. The van der Waals surface area contributed by atoms with Gasteiger partial charge in [0, 0.05) is 48.2 Å². The van der Waals surface area contributed by atoms with Crippen LogP contribution in [0.15, 0.2) is 79.1 Å². The number of fused-ring (bicyclic) bond motifs is 1. The molecule has 0 spiro atoms. The molecule has 0 radical (unpaired) electrons. The van der Waals surface area contributed by atoms with Crippen molar-refractivity contribution in [3.05, 3.63) is 84.7 Å². The van der Waals surface area contributed by atoms with E-state index >= 15 is 0 Å². The van der Waals surface area contributed by atoms with E-state index in [1.54, 1.807) is 0 Å². The zero-order valence-electron chi connectivity index (χ0n) is 21.9. The van der Waals surface area contributed by atoms with Crippen molar-refractivity contribution in [1.29, 1.82) is 5.26 Å². The SMILES string of the molecule is N#Cc1ccc(N2CCC[C@H](C[C@@H]3CCCC[C@H]3Nc3cc(-c4cnc5ccccc5c4)ccn3)C2)cc1. The third-order valence-corrected chi connectivity index (χ3v) is 8.44. The van der Waals surface area contributed by atoms with Gasteiger partial charge in [-0.15, -0.1) is 0 Å². The van der Waals surface area contributed by atoms with Crippen LogP contribution in [-0.2, 0) is 0 Å². The summed E-state index contributed by atoms with van der Waals surface area (Å²) in [4.78, 5) is 11.9. The maximum atomic E-state index is 9.13. The summed E-state index contributed by atoms with van der Waals surface area (Å²) in [5.41, 5.74) is 5.27. The van der Waals surface area contributed by atoms with Gasteiger partial charge in [-0.1, -0.05) is 31.0 Å². The quantitative estimate of drug-likeness (QED) is 0.297. The van der Waals surface area contributed by atoms with E-state index in [0.717, 1.165) is 46.5 Å². The fraction of sp³-hybridized carbons (Fsp3) is 0.364. The minimum Gasteiger partial charge on any atom is -0.371 e. The Morgan fingerprint density at radius 3 is 2.66 bits per heavy atom. The molecule has 5 nitrogen and oxygen atoms in total. The van der Waals surface area contributed by atoms with Gasteiger partial charge in [-0.2, -0.15) is 5.26 Å². The van der Waals surface area contributed by atoms with Crippen LogP contribution in [0.2, 0.25) is 0 Å². The van der Waals surface area contributed by atoms with Crippen molar-refractivity contribution in [1.82, 2.24) is 9.97 Å². The van der Waals surface area contributed by atoms with Crippen molar-refractivity contribution in [2.24, 2.45) is 11.8 Å². The van der Waals surface area contributed by atoms with Gasteiger partial charge in [-0.05, 0) is 98.0 Å². The van der Waals surface area contributed by atoms with Crippen LogP contribution in [0.3, 0.4) is 0 Å². The topological polar surface area (TPSA) is 64.8 Å². The molecule has 2 aromatic carbocycles. The molecule has 38 heavy (non-hydrogen) atoms. The summed E-state index contributed by atoms with van der Waals surface area (Å²) in [7, 11) is 0. The van der Waals surface area contributed by atoms with Crippen molar-refractivity contribution in [2.45, 2.75) is 51.0 Å². The van der Waals surface area contributed by atoms with Crippen molar-refractivity contribution in [3.8, 4) is 17.2 Å². The molecule has 3 heterocycles. The molecule has 6 rings (SSSR count). The monoisotopic (exact) mass is 501 g/mol. The summed E-state index contributed by atoms with van der Waals surface area (Å²) < 4.78 is 0. The lowest BCUT2D eigenvalue weighted by atomic mass is 9.77.